The van der Waals surface area contributed by atoms with Gasteiger partial charge in [-0.15, -0.1) is 0 Å². The highest BCUT2D eigenvalue weighted by Crippen LogP contribution is 2.10. The van der Waals surface area contributed by atoms with Gasteiger partial charge in [0.05, 0.1) is 5.69 Å². The van der Waals surface area contributed by atoms with Gasteiger partial charge in [0.1, 0.15) is 5.82 Å². The monoisotopic (exact) mass is 206 g/mol. The summed E-state index contributed by atoms with van der Waals surface area (Å²) in [6.07, 6.45) is 0.800. The topological polar surface area (TPSA) is 25.8 Å². The molecule has 4 heteroatoms. The quantitative estimate of drug-likeness (QED) is 0.705. The fourth-order valence-electron chi connectivity index (χ4n) is 1.30. The zero-order valence-electron chi connectivity index (χ0n) is 7.82. The first-order valence-electron chi connectivity index (χ1n) is 4.46. The summed E-state index contributed by atoms with van der Waals surface area (Å²) < 4.78 is 25.9. The van der Waals surface area contributed by atoms with Gasteiger partial charge < -0.3 is 0 Å². The lowest BCUT2D eigenvalue weighted by molar-refractivity contribution is 0.532. The van der Waals surface area contributed by atoms with E-state index in [9.17, 15) is 8.78 Å². The van der Waals surface area contributed by atoms with Gasteiger partial charge in [-0.25, -0.2) is 14.4 Å². The lowest BCUT2D eigenvalue weighted by Gasteiger charge is -2.01. The largest absolute Gasteiger partial charge is 0.308 e. The Morgan fingerprint density at radius 3 is 2.60 bits per heavy atom. The van der Waals surface area contributed by atoms with Crippen molar-refractivity contribution < 1.29 is 8.78 Å². The predicted molar refractivity (Wildman–Crippen MR) is 51.2 cm³/mol. The molecule has 2 nitrogen and oxygen atoms in total. The second kappa shape index (κ2) is 4.13. The number of hydrogen-bond donors (Lipinski definition) is 0. The Morgan fingerprint density at radius 2 is 1.87 bits per heavy atom. The standard InChI is InChI=1S/C11H8F2N2/c12-10-4-2-1-3-8(10)7-9-5-6-14-11(13)15-9/h1-6H,7H2. The van der Waals surface area contributed by atoms with Crippen LogP contribution in [0.2, 0.25) is 0 Å². The molecule has 76 valence electrons. The van der Waals surface area contributed by atoms with Crippen molar-refractivity contribution in [2.24, 2.45) is 0 Å². The Labute approximate surface area is 85.6 Å². The summed E-state index contributed by atoms with van der Waals surface area (Å²) in [5, 5.41) is 0. The molecule has 0 spiro atoms. The number of benzene rings is 1. The van der Waals surface area contributed by atoms with E-state index in [1.807, 2.05) is 0 Å². The van der Waals surface area contributed by atoms with E-state index >= 15 is 0 Å². The maximum absolute atomic E-state index is 13.2. The molecule has 1 aromatic carbocycles. The molecule has 1 aromatic heterocycles. The minimum Gasteiger partial charge on any atom is -0.211 e. The summed E-state index contributed by atoms with van der Waals surface area (Å²) in [5.41, 5.74) is 0.961. The Balaban J connectivity index is 2.26. The summed E-state index contributed by atoms with van der Waals surface area (Å²) in [4.78, 5) is 6.90. The Morgan fingerprint density at radius 1 is 1.07 bits per heavy atom. The molecule has 15 heavy (non-hydrogen) atoms. The van der Waals surface area contributed by atoms with Crippen LogP contribution in [0.4, 0.5) is 8.78 Å². The number of aromatic nitrogens is 2. The molecule has 0 radical (unpaired) electrons. The molecule has 0 bridgehead atoms. The van der Waals surface area contributed by atoms with Gasteiger partial charge in [-0.2, -0.15) is 4.39 Å². The van der Waals surface area contributed by atoms with Crippen LogP contribution in [0.25, 0.3) is 0 Å². The molecule has 2 rings (SSSR count). The van der Waals surface area contributed by atoms with Gasteiger partial charge in [0.15, 0.2) is 0 Å². The van der Waals surface area contributed by atoms with Crippen molar-refractivity contribution in [3.05, 3.63) is 59.7 Å². The zero-order chi connectivity index (χ0) is 10.7. The first kappa shape index (κ1) is 9.71. The molecular weight excluding hydrogens is 198 g/mol. The van der Waals surface area contributed by atoms with Crippen LogP contribution in [0.1, 0.15) is 11.3 Å². The Hall–Kier alpha value is -1.84. The lowest BCUT2D eigenvalue weighted by Crippen LogP contribution is -1.98. The SMILES string of the molecule is Fc1nccc(Cc2ccccc2F)n1. The average Bonchev–Trinajstić information content (AvgIpc) is 2.22. The fraction of sp³-hybridized carbons (Fsp3) is 0.0909. The van der Waals surface area contributed by atoms with E-state index in [-0.39, 0.29) is 12.2 Å². The van der Waals surface area contributed by atoms with Crippen molar-refractivity contribution in [3.8, 4) is 0 Å². The Bertz CT molecular complexity index is 472. The van der Waals surface area contributed by atoms with E-state index in [0.29, 0.717) is 11.3 Å². The molecule has 0 aliphatic carbocycles. The number of rotatable bonds is 2. The second-order valence-corrected chi connectivity index (χ2v) is 3.09. The van der Waals surface area contributed by atoms with E-state index < -0.39 is 6.08 Å². The van der Waals surface area contributed by atoms with Crippen molar-refractivity contribution in [3.63, 3.8) is 0 Å². The third-order valence-electron chi connectivity index (χ3n) is 2.01. The molecule has 0 saturated heterocycles. The molecule has 0 aliphatic rings. The van der Waals surface area contributed by atoms with Gasteiger partial charge in [0.2, 0.25) is 0 Å². The van der Waals surface area contributed by atoms with Crippen LogP contribution in [0.3, 0.4) is 0 Å². The third kappa shape index (κ3) is 2.34. The smallest absolute Gasteiger partial charge is 0.211 e. The first-order valence-corrected chi connectivity index (χ1v) is 4.46. The number of hydrogen-bond acceptors (Lipinski definition) is 2. The Kier molecular flexibility index (Phi) is 2.67. The van der Waals surface area contributed by atoms with Crippen LogP contribution >= 0.6 is 0 Å². The number of halogens is 2. The average molecular weight is 206 g/mol. The molecule has 0 aliphatic heterocycles. The van der Waals surface area contributed by atoms with Gasteiger partial charge in [0, 0.05) is 12.6 Å². The van der Waals surface area contributed by atoms with Gasteiger partial charge in [-0.3, -0.25) is 0 Å². The van der Waals surface area contributed by atoms with E-state index in [1.54, 1.807) is 24.3 Å². The van der Waals surface area contributed by atoms with Crippen LogP contribution in [0.5, 0.6) is 0 Å². The lowest BCUT2D eigenvalue weighted by atomic mass is 10.1. The minimum atomic E-state index is -0.788. The highest BCUT2D eigenvalue weighted by atomic mass is 19.1. The van der Waals surface area contributed by atoms with E-state index in [4.69, 9.17) is 0 Å². The summed E-state index contributed by atoms with van der Waals surface area (Å²) in [6, 6.07) is 7.92. The van der Waals surface area contributed by atoms with E-state index in [1.165, 1.54) is 12.3 Å². The van der Waals surface area contributed by atoms with Crippen LogP contribution in [0.15, 0.2) is 36.5 Å². The van der Waals surface area contributed by atoms with Gasteiger partial charge in [0.25, 0.3) is 0 Å². The van der Waals surface area contributed by atoms with Crippen molar-refractivity contribution >= 4 is 0 Å². The summed E-state index contributed by atoms with van der Waals surface area (Å²) >= 11 is 0. The van der Waals surface area contributed by atoms with Gasteiger partial charge in [-0.05, 0) is 17.7 Å². The highest BCUT2D eigenvalue weighted by Gasteiger charge is 2.04. The van der Waals surface area contributed by atoms with Crippen LogP contribution in [-0.4, -0.2) is 9.97 Å². The maximum Gasteiger partial charge on any atom is 0.308 e. The molecule has 0 fully saturated rings. The summed E-state index contributed by atoms with van der Waals surface area (Å²) in [6.45, 7) is 0. The summed E-state index contributed by atoms with van der Waals surface area (Å²) in [5.74, 6) is -0.309. The molecule has 2 aromatic rings. The molecule has 0 unspecified atom stereocenters. The molecule has 0 atom stereocenters. The molecule has 1 heterocycles. The van der Waals surface area contributed by atoms with Crippen molar-refractivity contribution in [1.29, 1.82) is 0 Å². The van der Waals surface area contributed by atoms with E-state index in [2.05, 4.69) is 9.97 Å². The molecule has 0 N–H and O–H groups in total. The van der Waals surface area contributed by atoms with Crippen molar-refractivity contribution in [2.45, 2.75) is 6.42 Å². The zero-order valence-corrected chi connectivity index (χ0v) is 7.82. The highest BCUT2D eigenvalue weighted by molar-refractivity contribution is 5.22. The second-order valence-electron chi connectivity index (χ2n) is 3.09. The molecular formula is C11H8F2N2. The first-order chi connectivity index (χ1) is 7.25. The maximum atomic E-state index is 13.2. The fourth-order valence-corrected chi connectivity index (χ4v) is 1.30. The molecule has 0 saturated carbocycles. The van der Waals surface area contributed by atoms with Crippen molar-refractivity contribution in [1.82, 2.24) is 9.97 Å². The number of nitrogens with zero attached hydrogens (tertiary/aromatic N) is 2. The minimum absolute atomic E-state index is 0.270. The van der Waals surface area contributed by atoms with Gasteiger partial charge in [-0.1, -0.05) is 18.2 Å². The predicted octanol–water partition coefficient (Wildman–Crippen LogP) is 2.35. The third-order valence-corrected chi connectivity index (χ3v) is 2.01. The van der Waals surface area contributed by atoms with E-state index in [0.717, 1.165) is 0 Å². The normalized spacial score (nSPS) is 10.3. The van der Waals surface area contributed by atoms with Crippen LogP contribution < -0.4 is 0 Å². The van der Waals surface area contributed by atoms with Crippen LogP contribution in [-0.2, 0) is 6.42 Å². The summed E-state index contributed by atoms with van der Waals surface area (Å²) in [7, 11) is 0. The molecule has 0 amide bonds. The van der Waals surface area contributed by atoms with Gasteiger partial charge >= 0.3 is 6.08 Å². The van der Waals surface area contributed by atoms with Crippen LogP contribution in [0, 0.1) is 11.9 Å². The van der Waals surface area contributed by atoms with Crippen molar-refractivity contribution in [2.75, 3.05) is 0 Å².